The number of anilines is 1. The molecule has 1 fully saturated rings. The van der Waals surface area contributed by atoms with Gasteiger partial charge in [0.25, 0.3) is 0 Å². The minimum Gasteiger partial charge on any atom is -0.495 e. The van der Waals surface area contributed by atoms with E-state index in [9.17, 15) is 18.0 Å². The van der Waals surface area contributed by atoms with E-state index >= 15 is 0 Å². The molecule has 0 aliphatic carbocycles. The number of methoxy groups -OCH3 is 1. The van der Waals surface area contributed by atoms with Crippen molar-refractivity contribution in [3.8, 4) is 5.75 Å². The second-order valence-electron chi connectivity index (χ2n) is 6.62. The Balaban J connectivity index is 2.12. The Labute approximate surface area is 165 Å². The zero-order valence-electron chi connectivity index (χ0n) is 16.1. The molecule has 3 amide bonds. The fourth-order valence-electron chi connectivity index (χ4n) is 3.05. The Kier molecular flexibility index (Phi) is 8.06. The van der Waals surface area contributed by atoms with E-state index in [0.717, 1.165) is 25.7 Å². The van der Waals surface area contributed by atoms with E-state index in [4.69, 9.17) is 10.5 Å². The van der Waals surface area contributed by atoms with Gasteiger partial charge in [0.2, 0.25) is 15.9 Å². The number of carbonyl (C=O) groups excluding carboxylic acids is 2. The maximum absolute atomic E-state index is 13.0. The van der Waals surface area contributed by atoms with E-state index in [-0.39, 0.29) is 23.8 Å². The normalized spacial score (nSPS) is 15.5. The Morgan fingerprint density at radius 3 is 2.46 bits per heavy atom. The van der Waals surface area contributed by atoms with Crippen LogP contribution in [-0.2, 0) is 14.8 Å². The summed E-state index contributed by atoms with van der Waals surface area (Å²) < 4.78 is 32.7. The fourth-order valence-corrected chi connectivity index (χ4v) is 4.59. The molecule has 1 aliphatic heterocycles. The van der Waals surface area contributed by atoms with Crippen LogP contribution in [0.25, 0.3) is 0 Å². The summed E-state index contributed by atoms with van der Waals surface area (Å²) in [6.45, 7) is 1.29. The highest BCUT2D eigenvalue weighted by Crippen LogP contribution is 2.30. The molecule has 9 nitrogen and oxygen atoms in total. The van der Waals surface area contributed by atoms with Crippen LogP contribution in [0.15, 0.2) is 23.1 Å². The van der Waals surface area contributed by atoms with Gasteiger partial charge in [-0.25, -0.2) is 13.2 Å². The molecular formula is C18H28N4O5S. The number of rotatable bonds is 8. The van der Waals surface area contributed by atoms with Crippen molar-refractivity contribution in [3.05, 3.63) is 18.2 Å². The van der Waals surface area contributed by atoms with Crippen molar-refractivity contribution < 1.29 is 22.7 Å². The van der Waals surface area contributed by atoms with Crippen LogP contribution >= 0.6 is 0 Å². The van der Waals surface area contributed by atoms with E-state index in [2.05, 4.69) is 10.6 Å². The quantitative estimate of drug-likeness (QED) is 0.559. The van der Waals surface area contributed by atoms with Crippen LogP contribution in [0.5, 0.6) is 5.75 Å². The van der Waals surface area contributed by atoms with Crippen molar-refractivity contribution in [2.45, 2.75) is 43.4 Å². The Morgan fingerprint density at radius 2 is 1.86 bits per heavy atom. The Bertz CT molecular complexity index is 789. The van der Waals surface area contributed by atoms with Crippen LogP contribution in [0.3, 0.4) is 0 Å². The molecule has 0 saturated carbocycles. The summed E-state index contributed by atoms with van der Waals surface area (Å²) in [5.41, 5.74) is 5.27. The molecule has 0 aromatic heterocycles. The lowest BCUT2D eigenvalue weighted by molar-refractivity contribution is -0.116. The lowest BCUT2D eigenvalue weighted by Gasteiger charge is -2.21. The lowest BCUT2D eigenvalue weighted by atomic mass is 10.2. The summed E-state index contributed by atoms with van der Waals surface area (Å²) >= 11 is 0. The smallest absolute Gasteiger partial charge is 0.312 e. The zero-order chi connectivity index (χ0) is 20.6. The first-order chi connectivity index (χ1) is 13.3. The third kappa shape index (κ3) is 6.10. The van der Waals surface area contributed by atoms with Gasteiger partial charge in [-0.2, -0.15) is 4.31 Å². The number of amides is 3. The minimum atomic E-state index is -3.63. The van der Waals surface area contributed by atoms with Crippen LogP contribution in [0.4, 0.5) is 10.5 Å². The van der Waals surface area contributed by atoms with Crippen LogP contribution in [0, 0.1) is 0 Å². The first-order valence-electron chi connectivity index (χ1n) is 9.36. The third-order valence-electron chi connectivity index (χ3n) is 4.53. The summed E-state index contributed by atoms with van der Waals surface area (Å²) in [7, 11) is -2.18. The van der Waals surface area contributed by atoms with E-state index in [1.54, 1.807) is 0 Å². The first kappa shape index (κ1) is 22.0. The van der Waals surface area contributed by atoms with E-state index in [1.807, 2.05) is 0 Å². The van der Waals surface area contributed by atoms with Gasteiger partial charge in [0.1, 0.15) is 5.75 Å². The van der Waals surface area contributed by atoms with Crippen LogP contribution < -0.4 is 21.1 Å². The molecule has 1 aromatic carbocycles. The largest absolute Gasteiger partial charge is 0.495 e. The number of hydrogen-bond donors (Lipinski definition) is 3. The van der Waals surface area contributed by atoms with Gasteiger partial charge in [-0.05, 0) is 37.5 Å². The van der Waals surface area contributed by atoms with Gasteiger partial charge in [0.15, 0.2) is 0 Å². The monoisotopic (exact) mass is 412 g/mol. The predicted molar refractivity (Wildman–Crippen MR) is 106 cm³/mol. The van der Waals surface area contributed by atoms with Crippen molar-refractivity contribution >= 4 is 27.6 Å². The highest BCUT2D eigenvalue weighted by atomic mass is 32.2. The number of carbonyl (C=O) groups is 2. The summed E-state index contributed by atoms with van der Waals surface area (Å²) in [5, 5.41) is 5.09. The van der Waals surface area contributed by atoms with Crippen molar-refractivity contribution in [1.29, 1.82) is 0 Å². The average molecular weight is 413 g/mol. The van der Waals surface area contributed by atoms with Crippen molar-refractivity contribution in [2.75, 3.05) is 32.1 Å². The first-order valence-corrected chi connectivity index (χ1v) is 10.8. The van der Waals surface area contributed by atoms with Gasteiger partial charge in [-0.1, -0.05) is 12.8 Å². The molecule has 1 saturated heterocycles. The lowest BCUT2D eigenvalue weighted by Crippen LogP contribution is -2.32. The summed E-state index contributed by atoms with van der Waals surface area (Å²) in [5.74, 6) is 0.0623. The van der Waals surface area contributed by atoms with Crippen molar-refractivity contribution in [1.82, 2.24) is 9.62 Å². The molecule has 28 heavy (non-hydrogen) atoms. The number of urea groups is 1. The topological polar surface area (TPSA) is 131 Å². The zero-order valence-corrected chi connectivity index (χ0v) is 16.9. The molecule has 0 spiro atoms. The van der Waals surface area contributed by atoms with Gasteiger partial charge in [-0.3, -0.25) is 4.79 Å². The second-order valence-corrected chi connectivity index (χ2v) is 8.56. The summed E-state index contributed by atoms with van der Waals surface area (Å²) in [4.78, 5) is 22.9. The molecule has 10 heteroatoms. The number of sulfonamides is 1. The number of benzene rings is 1. The Morgan fingerprint density at radius 1 is 1.18 bits per heavy atom. The van der Waals surface area contributed by atoms with Crippen LogP contribution in [0.2, 0.25) is 0 Å². The van der Waals surface area contributed by atoms with Gasteiger partial charge < -0.3 is 21.1 Å². The molecule has 0 atom stereocenters. The van der Waals surface area contributed by atoms with E-state index in [0.29, 0.717) is 30.9 Å². The molecule has 1 aliphatic rings. The van der Waals surface area contributed by atoms with Crippen molar-refractivity contribution in [3.63, 3.8) is 0 Å². The predicted octanol–water partition coefficient (Wildman–Crippen LogP) is 1.65. The van der Waals surface area contributed by atoms with Gasteiger partial charge >= 0.3 is 6.03 Å². The van der Waals surface area contributed by atoms with E-state index < -0.39 is 16.1 Å². The fraction of sp³-hybridized carbons (Fsp3) is 0.556. The minimum absolute atomic E-state index is 0.126. The van der Waals surface area contributed by atoms with E-state index in [1.165, 1.54) is 29.6 Å². The average Bonchev–Trinajstić information content (AvgIpc) is 2.95. The number of primary amides is 1. The highest BCUT2D eigenvalue weighted by Gasteiger charge is 2.26. The number of nitrogens with one attached hydrogen (secondary N) is 2. The van der Waals surface area contributed by atoms with Crippen LogP contribution in [0.1, 0.15) is 38.5 Å². The van der Waals surface area contributed by atoms with Gasteiger partial charge in [0, 0.05) is 26.1 Å². The number of ether oxygens (including phenoxy) is 1. The highest BCUT2D eigenvalue weighted by molar-refractivity contribution is 7.89. The van der Waals surface area contributed by atoms with Crippen LogP contribution in [-0.4, -0.2) is 51.4 Å². The summed E-state index contributed by atoms with van der Waals surface area (Å²) in [6.07, 6.45) is 4.30. The molecule has 2 rings (SSSR count). The SMILES string of the molecule is COc1ccc(S(=O)(=O)N2CCCCCC2)cc1NC(=O)CCCNC(N)=O. The number of nitrogens with two attached hydrogens (primary N) is 1. The number of nitrogens with zero attached hydrogens (tertiary/aromatic N) is 1. The molecule has 156 valence electrons. The molecule has 0 unspecified atom stereocenters. The molecule has 0 bridgehead atoms. The van der Waals surface area contributed by atoms with Gasteiger partial charge in [0.05, 0.1) is 17.7 Å². The molecule has 1 aromatic rings. The second kappa shape index (κ2) is 10.3. The van der Waals surface area contributed by atoms with Crippen molar-refractivity contribution in [2.24, 2.45) is 5.73 Å². The maximum Gasteiger partial charge on any atom is 0.312 e. The molecular weight excluding hydrogens is 384 g/mol. The maximum atomic E-state index is 13.0. The summed E-state index contributed by atoms with van der Waals surface area (Å²) in [6, 6.07) is 3.81. The molecule has 1 heterocycles. The number of hydrogen-bond acceptors (Lipinski definition) is 5. The third-order valence-corrected chi connectivity index (χ3v) is 6.42. The molecule has 0 radical (unpaired) electrons. The standard InChI is InChI=1S/C18H28N4O5S/c1-27-16-9-8-14(28(25,26)22-11-4-2-3-5-12-22)13-15(16)21-17(23)7-6-10-20-18(19)24/h8-9,13H,2-7,10-12H2,1H3,(H,21,23)(H3,19,20,24). The van der Waals surface area contributed by atoms with Gasteiger partial charge in [-0.15, -0.1) is 0 Å². The molecule has 4 N–H and O–H groups in total. The Hall–Kier alpha value is -2.33.